The lowest BCUT2D eigenvalue weighted by atomic mass is 10.1. The van der Waals surface area contributed by atoms with Crippen LogP contribution in [0.15, 0.2) is 24.3 Å². The van der Waals surface area contributed by atoms with Crippen LogP contribution in [0.1, 0.15) is 28.1 Å². The molecule has 0 spiro atoms. The minimum atomic E-state index is 0.300. The summed E-state index contributed by atoms with van der Waals surface area (Å²) in [5, 5.41) is 0. The molecule has 2 aromatic rings. The second kappa shape index (κ2) is 5.59. The van der Waals surface area contributed by atoms with Crippen molar-refractivity contribution in [3.63, 3.8) is 0 Å². The van der Waals surface area contributed by atoms with Crippen LogP contribution >= 0.6 is 12.2 Å². The highest BCUT2D eigenvalue weighted by Crippen LogP contribution is 2.29. The lowest BCUT2D eigenvalue weighted by molar-refractivity contribution is 0.479. The molecule has 104 valence electrons. The van der Waals surface area contributed by atoms with E-state index in [9.17, 15) is 0 Å². The molecular weight excluding hydrogens is 268 g/mol. The fraction of sp³-hybridized carbons (Fsp3) is 0.250. The van der Waals surface area contributed by atoms with Crippen molar-refractivity contribution >= 4 is 17.2 Å². The number of ether oxygens (including phenoxy) is 1. The molecule has 0 aliphatic carbocycles. The lowest BCUT2D eigenvalue weighted by Gasteiger charge is -2.14. The molecule has 0 amide bonds. The molecule has 0 saturated heterocycles. The van der Waals surface area contributed by atoms with E-state index < -0.39 is 0 Å². The highest BCUT2D eigenvalue weighted by Gasteiger charge is 2.13. The van der Waals surface area contributed by atoms with Crippen LogP contribution in [0.2, 0.25) is 0 Å². The van der Waals surface area contributed by atoms with Gasteiger partial charge >= 0.3 is 0 Å². The van der Waals surface area contributed by atoms with Gasteiger partial charge in [0.15, 0.2) is 0 Å². The van der Waals surface area contributed by atoms with Crippen molar-refractivity contribution in [3.05, 3.63) is 52.3 Å². The molecule has 0 radical (unpaired) electrons. The zero-order valence-corrected chi connectivity index (χ0v) is 13.0. The number of pyridine rings is 1. The molecule has 0 aliphatic rings. The third kappa shape index (κ3) is 3.14. The Hall–Kier alpha value is -1.94. The summed E-state index contributed by atoms with van der Waals surface area (Å²) < 4.78 is 5.99. The summed E-state index contributed by atoms with van der Waals surface area (Å²) in [6.45, 7) is 7.88. The van der Waals surface area contributed by atoms with E-state index in [0.29, 0.717) is 16.3 Å². The maximum absolute atomic E-state index is 5.99. The average molecular weight is 286 g/mol. The van der Waals surface area contributed by atoms with Gasteiger partial charge in [-0.25, -0.2) is 0 Å². The first-order valence-corrected chi connectivity index (χ1v) is 6.82. The van der Waals surface area contributed by atoms with Gasteiger partial charge < -0.3 is 10.5 Å². The van der Waals surface area contributed by atoms with Crippen molar-refractivity contribution in [3.8, 4) is 11.5 Å². The number of aryl methyl sites for hydroxylation is 4. The maximum Gasteiger partial charge on any atom is 0.141 e. The second-order valence-electron chi connectivity index (χ2n) is 5.01. The Morgan fingerprint density at radius 2 is 1.65 bits per heavy atom. The number of aromatic nitrogens is 1. The van der Waals surface area contributed by atoms with Crippen LogP contribution < -0.4 is 10.5 Å². The van der Waals surface area contributed by atoms with Crippen molar-refractivity contribution in [2.45, 2.75) is 27.7 Å². The van der Waals surface area contributed by atoms with E-state index >= 15 is 0 Å². The Bertz CT molecular complexity index is 660. The largest absolute Gasteiger partial charge is 0.456 e. The highest BCUT2D eigenvalue weighted by molar-refractivity contribution is 7.80. The Kier molecular flexibility index (Phi) is 4.04. The third-order valence-corrected chi connectivity index (χ3v) is 3.17. The van der Waals surface area contributed by atoms with Gasteiger partial charge in [-0.2, -0.15) is 0 Å². The fourth-order valence-electron chi connectivity index (χ4n) is 2.29. The van der Waals surface area contributed by atoms with Gasteiger partial charge in [-0.1, -0.05) is 18.3 Å². The number of benzene rings is 1. The second-order valence-corrected chi connectivity index (χ2v) is 5.45. The van der Waals surface area contributed by atoms with Crippen molar-refractivity contribution in [2.75, 3.05) is 0 Å². The van der Waals surface area contributed by atoms with Crippen molar-refractivity contribution in [2.24, 2.45) is 5.73 Å². The number of hydrogen-bond donors (Lipinski definition) is 1. The fourth-order valence-corrected chi connectivity index (χ4v) is 2.54. The molecule has 1 heterocycles. The number of nitrogens with two attached hydrogens (primary N) is 1. The topological polar surface area (TPSA) is 48.1 Å². The Labute approximate surface area is 124 Å². The van der Waals surface area contributed by atoms with Crippen LogP contribution in [0, 0.1) is 27.7 Å². The standard InChI is InChI=1S/C16H18N2OS/c1-9-5-10(2)7-13(6-9)19-14-8-11(3)18-12(4)15(14)16(17)20/h5-8H,1-4H3,(H2,17,20). The molecule has 1 aromatic heterocycles. The molecule has 0 aliphatic heterocycles. The summed E-state index contributed by atoms with van der Waals surface area (Å²) in [4.78, 5) is 4.69. The van der Waals surface area contributed by atoms with Gasteiger partial charge in [0.05, 0.1) is 11.3 Å². The van der Waals surface area contributed by atoms with Gasteiger partial charge in [-0.15, -0.1) is 0 Å². The number of thiocarbonyl (C=S) groups is 1. The summed E-state index contributed by atoms with van der Waals surface area (Å²) in [5.74, 6) is 1.44. The van der Waals surface area contributed by atoms with E-state index in [0.717, 1.165) is 28.3 Å². The predicted octanol–water partition coefficient (Wildman–Crippen LogP) is 3.74. The van der Waals surface area contributed by atoms with Gasteiger partial charge in [0, 0.05) is 11.8 Å². The molecule has 0 saturated carbocycles. The van der Waals surface area contributed by atoms with Crippen molar-refractivity contribution in [1.29, 1.82) is 0 Å². The Balaban J connectivity index is 2.49. The SMILES string of the molecule is Cc1cc(C)cc(Oc2cc(C)nc(C)c2C(N)=S)c1. The van der Waals surface area contributed by atoms with Crippen molar-refractivity contribution < 1.29 is 4.74 Å². The molecule has 0 fully saturated rings. The third-order valence-electron chi connectivity index (χ3n) is 2.96. The highest BCUT2D eigenvalue weighted by atomic mass is 32.1. The number of rotatable bonds is 3. The van der Waals surface area contributed by atoms with Gasteiger partial charge in [-0.05, 0) is 51.0 Å². The molecule has 4 heteroatoms. The summed E-state index contributed by atoms with van der Waals surface area (Å²) in [6, 6.07) is 7.94. The molecule has 3 nitrogen and oxygen atoms in total. The molecule has 1 aromatic carbocycles. The quantitative estimate of drug-likeness (QED) is 0.873. The molecule has 0 unspecified atom stereocenters. The van der Waals surface area contributed by atoms with E-state index in [1.54, 1.807) is 0 Å². The van der Waals surface area contributed by atoms with Crippen LogP contribution in [-0.2, 0) is 0 Å². The Morgan fingerprint density at radius 1 is 1.05 bits per heavy atom. The van der Waals surface area contributed by atoms with E-state index in [1.807, 2.05) is 45.9 Å². The number of nitrogens with zero attached hydrogens (tertiary/aromatic N) is 1. The smallest absolute Gasteiger partial charge is 0.141 e. The number of hydrogen-bond acceptors (Lipinski definition) is 3. The molecule has 20 heavy (non-hydrogen) atoms. The first-order chi connectivity index (χ1) is 9.36. The van der Waals surface area contributed by atoms with E-state index in [1.165, 1.54) is 0 Å². The summed E-state index contributed by atoms with van der Waals surface area (Å²) in [7, 11) is 0. The van der Waals surface area contributed by atoms with Gasteiger partial charge in [0.25, 0.3) is 0 Å². The molecule has 2 rings (SSSR count). The van der Waals surface area contributed by atoms with Gasteiger partial charge in [0.2, 0.25) is 0 Å². The van der Waals surface area contributed by atoms with Crippen LogP contribution in [0.5, 0.6) is 11.5 Å². The summed E-state index contributed by atoms with van der Waals surface area (Å²) in [6.07, 6.45) is 0. The lowest BCUT2D eigenvalue weighted by Crippen LogP contribution is -2.14. The molecular formula is C16H18N2OS. The van der Waals surface area contributed by atoms with Gasteiger partial charge in [0.1, 0.15) is 16.5 Å². The zero-order valence-electron chi connectivity index (χ0n) is 12.2. The van der Waals surface area contributed by atoms with Crippen LogP contribution in [0.3, 0.4) is 0 Å². The average Bonchev–Trinajstić information content (AvgIpc) is 2.25. The van der Waals surface area contributed by atoms with Crippen molar-refractivity contribution in [1.82, 2.24) is 4.98 Å². The molecule has 0 atom stereocenters. The Morgan fingerprint density at radius 3 is 2.20 bits per heavy atom. The summed E-state index contributed by atoms with van der Waals surface area (Å²) in [5.41, 5.74) is 10.5. The van der Waals surface area contributed by atoms with E-state index in [2.05, 4.69) is 11.1 Å². The first-order valence-electron chi connectivity index (χ1n) is 6.41. The van der Waals surface area contributed by atoms with E-state index in [-0.39, 0.29) is 0 Å². The zero-order chi connectivity index (χ0) is 14.9. The predicted molar refractivity (Wildman–Crippen MR) is 85.6 cm³/mol. The first kappa shape index (κ1) is 14.5. The van der Waals surface area contributed by atoms with Gasteiger partial charge in [-0.3, -0.25) is 4.98 Å². The van der Waals surface area contributed by atoms with Crippen LogP contribution in [0.4, 0.5) is 0 Å². The monoisotopic (exact) mass is 286 g/mol. The molecule has 2 N–H and O–H groups in total. The summed E-state index contributed by atoms with van der Waals surface area (Å²) >= 11 is 5.11. The van der Waals surface area contributed by atoms with E-state index in [4.69, 9.17) is 22.7 Å². The minimum Gasteiger partial charge on any atom is -0.456 e. The normalized spacial score (nSPS) is 10.4. The molecule has 0 bridgehead atoms. The minimum absolute atomic E-state index is 0.300. The maximum atomic E-state index is 5.99. The van der Waals surface area contributed by atoms with Crippen LogP contribution in [-0.4, -0.2) is 9.97 Å². The van der Waals surface area contributed by atoms with Crippen LogP contribution in [0.25, 0.3) is 0 Å².